The molecule has 1 amide bonds. The van der Waals surface area contributed by atoms with Gasteiger partial charge in [-0.25, -0.2) is 0 Å². The maximum atomic E-state index is 12.6. The number of nitrogens with one attached hydrogen (secondary N) is 1. The number of anilines is 1. The summed E-state index contributed by atoms with van der Waals surface area (Å²) >= 11 is 36.3. The summed E-state index contributed by atoms with van der Waals surface area (Å²) in [5.74, 6) is 0.330. The molecule has 34 heavy (non-hydrogen) atoms. The van der Waals surface area contributed by atoms with E-state index in [9.17, 15) is 4.79 Å². The highest BCUT2D eigenvalue weighted by molar-refractivity contribution is 6.42. The van der Waals surface area contributed by atoms with Gasteiger partial charge in [0.05, 0.1) is 26.6 Å². The molecular formula is C22H13Cl6N3O3. The lowest BCUT2D eigenvalue weighted by Gasteiger charge is -2.09. The van der Waals surface area contributed by atoms with Gasteiger partial charge in [0.25, 0.3) is 5.91 Å². The van der Waals surface area contributed by atoms with Crippen LogP contribution in [0.4, 0.5) is 5.82 Å². The summed E-state index contributed by atoms with van der Waals surface area (Å²) in [7, 11) is 0. The van der Waals surface area contributed by atoms with Gasteiger partial charge in [-0.05, 0) is 42.0 Å². The number of rotatable bonds is 7. The van der Waals surface area contributed by atoms with Gasteiger partial charge in [0.15, 0.2) is 17.3 Å². The minimum atomic E-state index is -0.532. The molecule has 12 heteroatoms. The second kappa shape index (κ2) is 10.7. The maximum absolute atomic E-state index is 12.6. The molecule has 0 saturated carbocycles. The largest absolute Gasteiger partial charge is 0.483 e. The van der Waals surface area contributed by atoms with E-state index in [4.69, 9.17) is 78.8 Å². The Morgan fingerprint density at radius 1 is 0.912 bits per heavy atom. The second-order valence-corrected chi connectivity index (χ2v) is 9.45. The fourth-order valence-electron chi connectivity index (χ4n) is 2.94. The van der Waals surface area contributed by atoms with Crippen molar-refractivity contribution in [3.8, 4) is 5.75 Å². The summed E-state index contributed by atoms with van der Waals surface area (Å²) in [6.45, 7) is 0.373. The van der Waals surface area contributed by atoms with E-state index in [1.165, 1.54) is 18.2 Å². The number of benzene rings is 2. The van der Waals surface area contributed by atoms with Crippen molar-refractivity contribution in [2.45, 2.75) is 13.2 Å². The van der Waals surface area contributed by atoms with E-state index in [0.29, 0.717) is 27.4 Å². The zero-order valence-corrected chi connectivity index (χ0v) is 21.5. The number of hydrogen-bond acceptors (Lipinski definition) is 4. The van der Waals surface area contributed by atoms with Gasteiger partial charge in [0.1, 0.15) is 17.4 Å². The van der Waals surface area contributed by atoms with Gasteiger partial charge in [0, 0.05) is 11.2 Å². The van der Waals surface area contributed by atoms with E-state index in [2.05, 4.69) is 10.4 Å². The molecule has 4 aromatic rings. The minimum Gasteiger partial charge on any atom is -0.483 e. The molecule has 2 heterocycles. The van der Waals surface area contributed by atoms with Crippen molar-refractivity contribution in [2.75, 3.05) is 5.32 Å². The number of halogens is 6. The van der Waals surface area contributed by atoms with E-state index in [-0.39, 0.29) is 39.0 Å². The first-order chi connectivity index (χ1) is 16.2. The van der Waals surface area contributed by atoms with E-state index >= 15 is 0 Å². The normalized spacial score (nSPS) is 11.0. The number of carbonyl (C=O) groups excluding carboxylic acids is 1. The first-order valence-electron chi connectivity index (χ1n) is 9.54. The molecule has 0 unspecified atom stereocenters. The summed E-state index contributed by atoms with van der Waals surface area (Å²) in [6.07, 6.45) is 1.58. The van der Waals surface area contributed by atoms with Crippen molar-refractivity contribution in [2.24, 2.45) is 0 Å². The first-order valence-corrected chi connectivity index (χ1v) is 11.8. The molecule has 0 fully saturated rings. The lowest BCUT2D eigenvalue weighted by atomic mass is 10.2. The molecule has 0 aliphatic heterocycles. The number of furan rings is 1. The SMILES string of the molecule is O=C(Nc1nn(Cc2ccc(Cl)c(Cl)c2)cc1Cl)c1ccc(COc2c(Cl)cc(Cl)cc2Cl)o1. The Hall–Kier alpha value is -2.06. The highest BCUT2D eigenvalue weighted by Gasteiger charge is 2.17. The van der Waals surface area contributed by atoms with E-state index < -0.39 is 5.91 Å². The lowest BCUT2D eigenvalue weighted by Crippen LogP contribution is -2.12. The first kappa shape index (κ1) is 25.0. The third kappa shape index (κ3) is 5.95. The average molecular weight is 580 g/mol. The zero-order chi connectivity index (χ0) is 24.4. The second-order valence-electron chi connectivity index (χ2n) is 6.98. The van der Waals surface area contributed by atoms with E-state index in [1.807, 2.05) is 6.07 Å². The van der Waals surface area contributed by atoms with E-state index in [0.717, 1.165) is 5.56 Å². The standard InChI is InChI=1S/C22H13Cl6N3O3/c23-12-6-16(26)20(17(27)7-12)33-10-13-2-4-19(34-13)22(32)29-21-18(28)9-31(30-21)8-11-1-3-14(24)15(25)5-11/h1-7,9H,8,10H2,(H,29,30,32). The molecule has 0 atom stereocenters. The number of nitrogens with zero attached hydrogens (tertiary/aromatic N) is 2. The zero-order valence-electron chi connectivity index (χ0n) is 16.9. The fourth-order valence-corrected chi connectivity index (χ4v) is 4.39. The predicted octanol–water partition coefficient (Wildman–Crippen LogP) is 8.28. The smallest absolute Gasteiger partial charge is 0.292 e. The van der Waals surface area contributed by atoms with Gasteiger partial charge in [-0.1, -0.05) is 75.7 Å². The molecule has 0 spiro atoms. The Balaban J connectivity index is 1.39. The molecule has 176 valence electrons. The molecule has 6 nitrogen and oxygen atoms in total. The Kier molecular flexibility index (Phi) is 7.87. The molecule has 2 aromatic carbocycles. The molecule has 0 radical (unpaired) electrons. The van der Waals surface area contributed by atoms with Crippen LogP contribution in [0.5, 0.6) is 5.75 Å². The quantitative estimate of drug-likeness (QED) is 0.239. The van der Waals surface area contributed by atoms with Crippen LogP contribution in [0.1, 0.15) is 21.9 Å². The van der Waals surface area contributed by atoms with Gasteiger partial charge in [-0.2, -0.15) is 5.10 Å². The number of hydrogen-bond donors (Lipinski definition) is 1. The summed E-state index contributed by atoms with van der Waals surface area (Å²) in [6, 6.07) is 11.4. The molecule has 0 aliphatic carbocycles. The monoisotopic (exact) mass is 577 g/mol. The van der Waals surface area contributed by atoms with Crippen LogP contribution < -0.4 is 10.1 Å². The Morgan fingerprint density at radius 2 is 1.65 bits per heavy atom. The predicted molar refractivity (Wildman–Crippen MR) is 135 cm³/mol. The third-order valence-electron chi connectivity index (χ3n) is 4.48. The van der Waals surface area contributed by atoms with Crippen LogP contribution in [0.25, 0.3) is 0 Å². The number of aromatic nitrogens is 2. The number of carbonyl (C=O) groups is 1. The Bertz CT molecular complexity index is 1340. The van der Waals surface area contributed by atoms with Crippen molar-refractivity contribution >= 4 is 81.3 Å². The molecule has 4 rings (SSSR count). The molecule has 2 aromatic heterocycles. The van der Waals surface area contributed by atoms with Crippen LogP contribution >= 0.6 is 69.6 Å². The van der Waals surface area contributed by atoms with Crippen LogP contribution in [0, 0.1) is 0 Å². The van der Waals surface area contributed by atoms with Gasteiger partial charge in [0.2, 0.25) is 0 Å². The average Bonchev–Trinajstić information content (AvgIpc) is 3.37. The molecule has 1 N–H and O–H groups in total. The number of ether oxygens (including phenoxy) is 1. The fraction of sp³-hybridized carbons (Fsp3) is 0.0909. The van der Waals surface area contributed by atoms with Gasteiger partial charge in [-0.3, -0.25) is 9.48 Å². The van der Waals surface area contributed by atoms with Crippen LogP contribution in [0.2, 0.25) is 30.1 Å². The van der Waals surface area contributed by atoms with Crippen molar-refractivity contribution in [3.05, 3.63) is 95.9 Å². The molecule has 0 aliphatic rings. The highest BCUT2D eigenvalue weighted by Crippen LogP contribution is 2.36. The Morgan fingerprint density at radius 3 is 2.35 bits per heavy atom. The highest BCUT2D eigenvalue weighted by atomic mass is 35.5. The summed E-state index contributed by atoms with van der Waals surface area (Å²) in [5.41, 5.74) is 0.864. The maximum Gasteiger partial charge on any atom is 0.292 e. The summed E-state index contributed by atoms with van der Waals surface area (Å²) in [5, 5.41) is 8.98. The molecular weight excluding hydrogens is 567 g/mol. The number of amides is 1. The Labute approximate surface area is 224 Å². The van der Waals surface area contributed by atoms with Crippen LogP contribution in [0.3, 0.4) is 0 Å². The van der Waals surface area contributed by atoms with Crippen molar-refractivity contribution < 1.29 is 13.9 Å². The summed E-state index contributed by atoms with van der Waals surface area (Å²) in [4.78, 5) is 12.6. The van der Waals surface area contributed by atoms with Crippen molar-refractivity contribution in [1.29, 1.82) is 0 Å². The molecule has 0 bridgehead atoms. The summed E-state index contributed by atoms with van der Waals surface area (Å²) < 4.78 is 12.7. The van der Waals surface area contributed by atoms with Gasteiger partial charge >= 0.3 is 0 Å². The van der Waals surface area contributed by atoms with Gasteiger partial charge < -0.3 is 14.5 Å². The van der Waals surface area contributed by atoms with Crippen molar-refractivity contribution in [1.82, 2.24) is 9.78 Å². The van der Waals surface area contributed by atoms with Crippen LogP contribution in [-0.4, -0.2) is 15.7 Å². The third-order valence-corrected chi connectivity index (χ3v) is 6.28. The minimum absolute atomic E-state index is 0.00656. The van der Waals surface area contributed by atoms with Crippen LogP contribution in [0.15, 0.2) is 53.1 Å². The lowest BCUT2D eigenvalue weighted by molar-refractivity contribution is 0.0992. The van der Waals surface area contributed by atoms with Gasteiger partial charge in [-0.15, -0.1) is 0 Å². The topological polar surface area (TPSA) is 69.3 Å². The molecule has 0 saturated heterocycles. The van der Waals surface area contributed by atoms with Crippen LogP contribution in [-0.2, 0) is 13.2 Å². The van der Waals surface area contributed by atoms with E-state index in [1.54, 1.807) is 29.1 Å². The van der Waals surface area contributed by atoms with Crippen molar-refractivity contribution in [3.63, 3.8) is 0 Å².